The minimum Gasteiger partial charge on any atom is -0.193 e. The van der Waals surface area contributed by atoms with E-state index < -0.39 is 0 Å². The Kier molecular flexibility index (Phi) is 2.14. The molecule has 0 unspecified atom stereocenters. The van der Waals surface area contributed by atoms with E-state index >= 15 is 0 Å². The van der Waals surface area contributed by atoms with Gasteiger partial charge in [-0.1, -0.05) is 24.3 Å². The maximum atomic E-state index is 8.44. The summed E-state index contributed by atoms with van der Waals surface area (Å²) in [6.07, 6.45) is 6.05. The fraction of sp³-hybridized carbons (Fsp3) is 0.250. The van der Waals surface area contributed by atoms with Crippen molar-refractivity contribution in [3.63, 3.8) is 0 Å². The van der Waals surface area contributed by atoms with Crippen molar-refractivity contribution in [3.8, 4) is 6.07 Å². The van der Waals surface area contributed by atoms with Gasteiger partial charge in [0.15, 0.2) is 0 Å². The van der Waals surface area contributed by atoms with Gasteiger partial charge in [-0.3, -0.25) is 0 Å². The van der Waals surface area contributed by atoms with Gasteiger partial charge in [-0.2, -0.15) is 5.26 Å². The van der Waals surface area contributed by atoms with E-state index in [1.807, 2.05) is 18.2 Å². The molecule has 0 saturated heterocycles. The maximum absolute atomic E-state index is 8.44. The van der Waals surface area contributed by atoms with Crippen LogP contribution in [0.25, 0.3) is 6.08 Å². The summed E-state index contributed by atoms with van der Waals surface area (Å²) in [5.74, 6) is 0.750. The van der Waals surface area contributed by atoms with Crippen LogP contribution in [0.3, 0.4) is 0 Å². The summed E-state index contributed by atoms with van der Waals surface area (Å²) >= 11 is 0. The van der Waals surface area contributed by atoms with Gasteiger partial charge < -0.3 is 0 Å². The summed E-state index contributed by atoms with van der Waals surface area (Å²) in [5.41, 5.74) is 2.60. The Morgan fingerprint density at radius 2 is 2.08 bits per heavy atom. The molecular formula is C12H11N. The van der Waals surface area contributed by atoms with Crippen LogP contribution in [0, 0.1) is 11.3 Å². The predicted octanol–water partition coefficient (Wildman–Crippen LogP) is 3.10. The van der Waals surface area contributed by atoms with Crippen LogP contribution in [-0.2, 0) is 0 Å². The highest BCUT2D eigenvalue weighted by molar-refractivity contribution is 5.57. The first-order valence-corrected chi connectivity index (χ1v) is 4.57. The number of nitrogens with zero attached hydrogens (tertiary/aromatic N) is 1. The van der Waals surface area contributed by atoms with E-state index in [4.69, 9.17) is 5.26 Å². The first kappa shape index (κ1) is 8.07. The first-order chi connectivity index (χ1) is 6.42. The van der Waals surface area contributed by atoms with Crippen LogP contribution in [0.4, 0.5) is 0 Å². The Morgan fingerprint density at radius 3 is 2.77 bits per heavy atom. The Hall–Kier alpha value is -1.55. The molecule has 0 bridgehead atoms. The van der Waals surface area contributed by atoms with Gasteiger partial charge in [0.25, 0.3) is 0 Å². The number of rotatable bonds is 2. The molecule has 1 saturated carbocycles. The second-order valence-corrected chi connectivity index (χ2v) is 3.37. The molecule has 0 amide bonds. The molecule has 0 heterocycles. The van der Waals surface area contributed by atoms with Crippen LogP contribution < -0.4 is 0 Å². The predicted molar refractivity (Wildman–Crippen MR) is 53.1 cm³/mol. The molecule has 0 N–H and O–H groups in total. The topological polar surface area (TPSA) is 23.8 Å². The van der Waals surface area contributed by atoms with Crippen molar-refractivity contribution in [2.45, 2.75) is 18.8 Å². The highest BCUT2D eigenvalue weighted by atomic mass is 14.3. The van der Waals surface area contributed by atoms with E-state index in [2.05, 4.69) is 18.2 Å². The monoisotopic (exact) mass is 169 g/mol. The van der Waals surface area contributed by atoms with Crippen LogP contribution in [0.1, 0.15) is 29.9 Å². The van der Waals surface area contributed by atoms with Crippen LogP contribution in [-0.4, -0.2) is 0 Å². The molecule has 0 spiro atoms. The van der Waals surface area contributed by atoms with E-state index in [-0.39, 0.29) is 0 Å². The average Bonchev–Trinajstić information content (AvgIpc) is 2.98. The molecule has 2 rings (SSSR count). The van der Waals surface area contributed by atoms with Crippen LogP contribution in [0.15, 0.2) is 30.3 Å². The molecule has 1 aromatic rings. The van der Waals surface area contributed by atoms with Crippen molar-refractivity contribution in [3.05, 3.63) is 41.5 Å². The van der Waals surface area contributed by atoms with Gasteiger partial charge in [-0.05, 0) is 36.0 Å². The third-order valence-electron chi connectivity index (χ3n) is 2.35. The van der Waals surface area contributed by atoms with Crippen molar-refractivity contribution in [2.24, 2.45) is 0 Å². The molecular weight excluding hydrogens is 158 g/mol. The summed E-state index contributed by atoms with van der Waals surface area (Å²) in [6.45, 7) is 0. The zero-order valence-corrected chi connectivity index (χ0v) is 7.40. The Bertz CT molecular complexity index is 367. The van der Waals surface area contributed by atoms with Gasteiger partial charge in [-0.25, -0.2) is 0 Å². The van der Waals surface area contributed by atoms with Crippen molar-refractivity contribution >= 4 is 6.08 Å². The lowest BCUT2D eigenvalue weighted by atomic mass is 10.0. The Morgan fingerprint density at radius 1 is 1.31 bits per heavy atom. The summed E-state index contributed by atoms with van der Waals surface area (Å²) in [6, 6.07) is 10.3. The smallest absolute Gasteiger partial charge is 0.0912 e. The molecule has 0 atom stereocenters. The number of benzene rings is 1. The van der Waals surface area contributed by atoms with Crippen molar-refractivity contribution in [1.29, 1.82) is 5.26 Å². The number of hydrogen-bond acceptors (Lipinski definition) is 1. The maximum Gasteiger partial charge on any atom is 0.0912 e. The Labute approximate surface area is 78.3 Å². The highest BCUT2D eigenvalue weighted by Crippen LogP contribution is 2.41. The molecule has 0 radical (unpaired) electrons. The average molecular weight is 169 g/mol. The minimum atomic E-state index is 0.750. The summed E-state index contributed by atoms with van der Waals surface area (Å²) in [7, 11) is 0. The first-order valence-electron chi connectivity index (χ1n) is 4.57. The van der Waals surface area contributed by atoms with Crippen molar-refractivity contribution in [2.75, 3.05) is 0 Å². The van der Waals surface area contributed by atoms with Crippen molar-refractivity contribution < 1.29 is 0 Å². The van der Waals surface area contributed by atoms with Crippen LogP contribution in [0.2, 0.25) is 0 Å². The van der Waals surface area contributed by atoms with Crippen molar-refractivity contribution in [1.82, 2.24) is 0 Å². The van der Waals surface area contributed by atoms with Gasteiger partial charge in [0, 0.05) is 6.08 Å². The fourth-order valence-electron chi connectivity index (χ4n) is 1.56. The van der Waals surface area contributed by atoms with Gasteiger partial charge in [-0.15, -0.1) is 0 Å². The molecule has 1 aromatic carbocycles. The molecule has 0 aromatic heterocycles. The lowest BCUT2D eigenvalue weighted by Gasteiger charge is -2.01. The SMILES string of the molecule is N#C/C=C/c1ccccc1C1CC1. The van der Waals surface area contributed by atoms with E-state index in [1.54, 1.807) is 6.08 Å². The van der Waals surface area contributed by atoms with Crippen LogP contribution >= 0.6 is 0 Å². The van der Waals surface area contributed by atoms with E-state index in [1.165, 1.54) is 24.0 Å². The number of allylic oxidation sites excluding steroid dienone is 1. The molecule has 64 valence electrons. The second kappa shape index (κ2) is 3.45. The highest BCUT2D eigenvalue weighted by Gasteiger charge is 2.24. The molecule has 1 heteroatoms. The zero-order valence-electron chi connectivity index (χ0n) is 7.40. The van der Waals surface area contributed by atoms with Gasteiger partial charge in [0.05, 0.1) is 6.07 Å². The third kappa shape index (κ3) is 1.78. The normalized spacial score (nSPS) is 15.9. The van der Waals surface area contributed by atoms with Gasteiger partial charge >= 0.3 is 0 Å². The minimum absolute atomic E-state index is 0.750. The Balaban J connectivity index is 2.32. The van der Waals surface area contributed by atoms with E-state index in [0.29, 0.717) is 0 Å². The fourth-order valence-corrected chi connectivity index (χ4v) is 1.56. The zero-order chi connectivity index (χ0) is 9.10. The lowest BCUT2D eigenvalue weighted by Crippen LogP contribution is -1.83. The van der Waals surface area contributed by atoms with Gasteiger partial charge in [0.2, 0.25) is 0 Å². The quantitative estimate of drug-likeness (QED) is 0.624. The third-order valence-corrected chi connectivity index (χ3v) is 2.35. The van der Waals surface area contributed by atoms with Gasteiger partial charge in [0.1, 0.15) is 0 Å². The molecule has 1 fully saturated rings. The van der Waals surface area contributed by atoms with E-state index in [0.717, 1.165) is 5.92 Å². The molecule has 1 aliphatic rings. The lowest BCUT2D eigenvalue weighted by molar-refractivity contribution is 1.12. The largest absolute Gasteiger partial charge is 0.193 e. The standard InChI is InChI=1S/C12H11N/c13-9-3-5-10-4-1-2-6-12(10)11-7-8-11/h1-6,11H,7-8H2/b5-3+. The summed E-state index contributed by atoms with van der Waals surface area (Å²) in [4.78, 5) is 0. The molecule has 0 aliphatic heterocycles. The summed E-state index contributed by atoms with van der Waals surface area (Å²) < 4.78 is 0. The molecule has 1 aliphatic carbocycles. The molecule has 13 heavy (non-hydrogen) atoms. The number of hydrogen-bond donors (Lipinski definition) is 0. The summed E-state index contributed by atoms with van der Waals surface area (Å²) in [5, 5.41) is 8.44. The second-order valence-electron chi connectivity index (χ2n) is 3.37. The van der Waals surface area contributed by atoms with Crippen LogP contribution in [0.5, 0.6) is 0 Å². The molecule has 1 nitrogen and oxygen atoms in total. The number of nitriles is 1. The van der Waals surface area contributed by atoms with E-state index in [9.17, 15) is 0 Å².